The lowest BCUT2D eigenvalue weighted by molar-refractivity contribution is 0.426. The molecule has 0 aliphatic carbocycles. The van der Waals surface area contributed by atoms with E-state index in [-0.39, 0.29) is 5.41 Å². The van der Waals surface area contributed by atoms with E-state index in [1.54, 1.807) is 0 Å². The molecule has 0 fully saturated rings. The quantitative estimate of drug-likeness (QED) is 0.787. The van der Waals surface area contributed by atoms with Crippen molar-refractivity contribution >= 4 is 27.0 Å². The Morgan fingerprint density at radius 3 is 2.88 bits per heavy atom. The number of hydrogen-bond donors (Lipinski definition) is 0. The summed E-state index contributed by atoms with van der Waals surface area (Å²) in [6, 6.07) is 4.16. The van der Waals surface area contributed by atoms with Crippen molar-refractivity contribution in [1.29, 1.82) is 0 Å². The maximum absolute atomic E-state index is 4.41. The zero-order valence-electron chi connectivity index (χ0n) is 10.00. The summed E-state index contributed by atoms with van der Waals surface area (Å²) in [5.41, 5.74) is 2.74. The summed E-state index contributed by atoms with van der Waals surface area (Å²) in [4.78, 5) is 4.41. The first-order chi connectivity index (χ1) is 7.53. The summed E-state index contributed by atoms with van der Waals surface area (Å²) in [5, 5.41) is 2.29. The van der Waals surface area contributed by atoms with Gasteiger partial charge in [0.2, 0.25) is 0 Å². The van der Waals surface area contributed by atoms with Crippen LogP contribution in [0.3, 0.4) is 0 Å². The largest absolute Gasteiger partial charge is 0.335 e. The van der Waals surface area contributed by atoms with Crippen molar-refractivity contribution in [1.82, 2.24) is 9.55 Å². The van der Waals surface area contributed by atoms with Crippen LogP contribution in [0.2, 0.25) is 0 Å². The molecule has 16 heavy (non-hydrogen) atoms. The third kappa shape index (κ3) is 2.14. The van der Waals surface area contributed by atoms with Gasteiger partial charge in [0.1, 0.15) is 5.65 Å². The van der Waals surface area contributed by atoms with Gasteiger partial charge in [0.25, 0.3) is 0 Å². The first kappa shape index (κ1) is 11.6. The summed E-state index contributed by atoms with van der Waals surface area (Å²) in [7, 11) is 2.06. The van der Waals surface area contributed by atoms with E-state index in [0.717, 1.165) is 17.4 Å². The van der Waals surface area contributed by atoms with Crippen LogP contribution in [-0.4, -0.2) is 14.9 Å². The SMILES string of the molecule is Cn1cc(CC(C)(C)CBr)c2cccnc21. The number of aryl methyl sites for hydroxylation is 1. The van der Waals surface area contributed by atoms with E-state index < -0.39 is 0 Å². The fourth-order valence-corrected chi connectivity index (χ4v) is 2.20. The smallest absolute Gasteiger partial charge is 0.139 e. The fourth-order valence-electron chi connectivity index (χ4n) is 2.00. The van der Waals surface area contributed by atoms with Gasteiger partial charge in [0.15, 0.2) is 0 Å². The van der Waals surface area contributed by atoms with Gasteiger partial charge in [-0.3, -0.25) is 0 Å². The van der Waals surface area contributed by atoms with Crippen molar-refractivity contribution in [3.8, 4) is 0 Å². The van der Waals surface area contributed by atoms with Gasteiger partial charge in [-0.15, -0.1) is 0 Å². The van der Waals surface area contributed by atoms with Gasteiger partial charge in [0, 0.05) is 30.2 Å². The second kappa shape index (κ2) is 4.21. The van der Waals surface area contributed by atoms with Crippen molar-refractivity contribution in [2.75, 3.05) is 5.33 Å². The number of alkyl halides is 1. The third-order valence-corrected chi connectivity index (χ3v) is 4.36. The average Bonchev–Trinajstić information content (AvgIpc) is 2.56. The van der Waals surface area contributed by atoms with Gasteiger partial charge >= 0.3 is 0 Å². The molecule has 0 radical (unpaired) electrons. The molecule has 0 bridgehead atoms. The molecular formula is C13H17BrN2. The van der Waals surface area contributed by atoms with Crippen LogP contribution in [0.25, 0.3) is 11.0 Å². The van der Waals surface area contributed by atoms with Crippen molar-refractivity contribution in [2.24, 2.45) is 12.5 Å². The lowest BCUT2D eigenvalue weighted by Crippen LogP contribution is -2.16. The molecule has 0 saturated heterocycles. The number of aromatic nitrogens is 2. The van der Waals surface area contributed by atoms with E-state index in [0.29, 0.717) is 0 Å². The van der Waals surface area contributed by atoms with Gasteiger partial charge in [-0.25, -0.2) is 4.98 Å². The van der Waals surface area contributed by atoms with E-state index in [1.165, 1.54) is 10.9 Å². The Morgan fingerprint density at radius 2 is 2.19 bits per heavy atom. The van der Waals surface area contributed by atoms with Gasteiger partial charge in [-0.1, -0.05) is 29.8 Å². The van der Waals surface area contributed by atoms with E-state index in [2.05, 4.69) is 58.6 Å². The number of pyridine rings is 1. The van der Waals surface area contributed by atoms with Gasteiger partial charge in [-0.2, -0.15) is 0 Å². The Balaban J connectivity index is 2.46. The summed E-state index contributed by atoms with van der Waals surface area (Å²) in [5.74, 6) is 0. The zero-order valence-corrected chi connectivity index (χ0v) is 11.6. The first-order valence-electron chi connectivity index (χ1n) is 5.48. The minimum Gasteiger partial charge on any atom is -0.335 e. The summed E-state index contributed by atoms with van der Waals surface area (Å²) in [6.45, 7) is 4.55. The second-order valence-corrected chi connectivity index (χ2v) is 5.68. The molecule has 0 N–H and O–H groups in total. The molecule has 2 nitrogen and oxygen atoms in total. The van der Waals surface area contributed by atoms with Gasteiger partial charge < -0.3 is 4.57 Å². The topological polar surface area (TPSA) is 17.8 Å². The van der Waals surface area contributed by atoms with Crippen LogP contribution in [0.15, 0.2) is 24.5 Å². The van der Waals surface area contributed by atoms with E-state index in [1.807, 2.05) is 12.3 Å². The highest BCUT2D eigenvalue weighted by Crippen LogP contribution is 2.28. The highest BCUT2D eigenvalue weighted by atomic mass is 79.9. The van der Waals surface area contributed by atoms with Crippen molar-refractivity contribution in [2.45, 2.75) is 20.3 Å². The van der Waals surface area contributed by atoms with Crippen LogP contribution in [0, 0.1) is 5.41 Å². The highest BCUT2D eigenvalue weighted by Gasteiger charge is 2.19. The Bertz CT molecular complexity index is 500. The van der Waals surface area contributed by atoms with Crippen molar-refractivity contribution < 1.29 is 0 Å². The van der Waals surface area contributed by atoms with Crippen LogP contribution in [0.5, 0.6) is 0 Å². The molecule has 0 aliphatic rings. The number of nitrogens with zero attached hydrogens (tertiary/aromatic N) is 2. The molecule has 0 aromatic carbocycles. The molecule has 0 saturated carbocycles. The van der Waals surface area contributed by atoms with E-state index in [9.17, 15) is 0 Å². The second-order valence-electron chi connectivity index (χ2n) is 5.11. The molecule has 0 spiro atoms. The van der Waals surface area contributed by atoms with E-state index >= 15 is 0 Å². The Kier molecular flexibility index (Phi) is 3.06. The first-order valence-corrected chi connectivity index (χ1v) is 6.60. The molecule has 2 rings (SSSR count). The molecule has 2 aromatic heterocycles. The minimum absolute atomic E-state index is 0.282. The molecule has 86 valence electrons. The number of halogens is 1. The molecule has 3 heteroatoms. The highest BCUT2D eigenvalue weighted by molar-refractivity contribution is 9.09. The maximum Gasteiger partial charge on any atom is 0.139 e. The molecular weight excluding hydrogens is 264 g/mol. The Hall–Kier alpha value is -0.830. The zero-order chi connectivity index (χ0) is 11.8. The molecule has 0 aliphatic heterocycles. The molecule has 2 aromatic rings. The van der Waals surface area contributed by atoms with Gasteiger partial charge in [0.05, 0.1) is 0 Å². The molecule has 2 heterocycles. The average molecular weight is 281 g/mol. The predicted molar refractivity (Wildman–Crippen MR) is 72.0 cm³/mol. The van der Waals surface area contributed by atoms with Crippen LogP contribution in [-0.2, 0) is 13.5 Å². The summed E-state index contributed by atoms with van der Waals surface area (Å²) >= 11 is 3.58. The minimum atomic E-state index is 0.282. The number of rotatable bonds is 3. The van der Waals surface area contributed by atoms with Crippen LogP contribution in [0.1, 0.15) is 19.4 Å². The standard InChI is InChI=1S/C13H17BrN2/c1-13(2,9-14)7-10-8-16(3)12-11(10)5-4-6-15-12/h4-6,8H,7,9H2,1-3H3. The lowest BCUT2D eigenvalue weighted by atomic mass is 9.88. The fraction of sp³-hybridized carbons (Fsp3) is 0.462. The molecule has 0 unspecified atom stereocenters. The summed E-state index contributed by atoms with van der Waals surface area (Å²) < 4.78 is 2.11. The van der Waals surface area contributed by atoms with Crippen LogP contribution >= 0.6 is 15.9 Å². The Labute approximate surface area is 105 Å². The lowest BCUT2D eigenvalue weighted by Gasteiger charge is -2.20. The predicted octanol–water partition coefficient (Wildman–Crippen LogP) is 3.54. The van der Waals surface area contributed by atoms with Crippen molar-refractivity contribution in [3.63, 3.8) is 0 Å². The number of hydrogen-bond acceptors (Lipinski definition) is 1. The Morgan fingerprint density at radius 1 is 1.44 bits per heavy atom. The van der Waals surface area contributed by atoms with Crippen LogP contribution < -0.4 is 0 Å². The molecule has 0 atom stereocenters. The monoisotopic (exact) mass is 280 g/mol. The molecule has 0 amide bonds. The van der Waals surface area contributed by atoms with E-state index in [4.69, 9.17) is 0 Å². The van der Waals surface area contributed by atoms with Crippen molar-refractivity contribution in [3.05, 3.63) is 30.1 Å². The van der Waals surface area contributed by atoms with Gasteiger partial charge in [-0.05, 0) is 29.5 Å². The maximum atomic E-state index is 4.41. The normalized spacial score (nSPS) is 12.2. The third-order valence-electron chi connectivity index (χ3n) is 2.85. The van der Waals surface area contributed by atoms with Crippen LogP contribution in [0.4, 0.5) is 0 Å². The summed E-state index contributed by atoms with van der Waals surface area (Å²) in [6.07, 6.45) is 5.12. The number of fused-ring (bicyclic) bond motifs is 1.